The Kier molecular flexibility index (Phi) is 3.89. The topological polar surface area (TPSA) is 34.9 Å². The van der Waals surface area contributed by atoms with Gasteiger partial charge in [0.1, 0.15) is 0 Å². The third-order valence-corrected chi connectivity index (χ3v) is 3.46. The molecule has 0 atom stereocenters. The Morgan fingerprint density at radius 2 is 1.85 bits per heavy atom. The van der Waals surface area contributed by atoms with E-state index in [1.165, 1.54) is 7.05 Å². The van der Waals surface area contributed by atoms with Gasteiger partial charge < -0.3 is 0 Å². The van der Waals surface area contributed by atoms with Crippen molar-refractivity contribution in [3.8, 4) is 0 Å². The number of hydrogen-bond donors (Lipinski definition) is 0. The van der Waals surface area contributed by atoms with Gasteiger partial charge in [0.05, 0.1) is 5.56 Å². The summed E-state index contributed by atoms with van der Waals surface area (Å²) in [6, 6.07) is 6.98. The highest BCUT2D eigenvalue weighted by Crippen LogP contribution is 2.33. The Hall–Kier alpha value is -1.76. The molecule has 0 fully saturated rings. The summed E-state index contributed by atoms with van der Waals surface area (Å²) in [5, 5.41) is 2.64. The van der Waals surface area contributed by atoms with Crippen molar-refractivity contribution in [1.29, 1.82) is 0 Å². The van der Waals surface area contributed by atoms with Gasteiger partial charge in [0.25, 0.3) is 0 Å². The lowest BCUT2D eigenvalue weighted by molar-refractivity contribution is -0.141. The zero-order valence-electron chi connectivity index (χ0n) is 10.7. The van der Waals surface area contributed by atoms with Crippen LogP contribution in [0.1, 0.15) is 21.6 Å². The molecule has 2 aromatic rings. The lowest BCUT2D eigenvalue weighted by Gasteiger charge is -2.05. The number of carbonyl (C=O) groups excluding carboxylic acids is 1. The van der Waals surface area contributed by atoms with E-state index in [1.807, 2.05) is 6.92 Å². The molecule has 3 nitrogen and oxygen atoms in total. The van der Waals surface area contributed by atoms with Crippen LogP contribution in [0.4, 0.5) is 13.2 Å². The van der Waals surface area contributed by atoms with E-state index in [2.05, 4.69) is 5.10 Å². The van der Waals surface area contributed by atoms with E-state index < -0.39 is 22.5 Å². The molecule has 1 aromatic heterocycles. The summed E-state index contributed by atoms with van der Waals surface area (Å²) in [6.07, 6.45) is -3.55. The molecule has 0 aliphatic carbocycles. The number of carbonyl (C=O) groups is 1. The van der Waals surface area contributed by atoms with Crippen molar-refractivity contribution >= 4 is 16.9 Å². The maximum Gasteiger partial charge on any atom is 0.435 e. The monoisotopic (exact) mass is 300 g/mol. The largest absolute Gasteiger partial charge is 0.435 e. The molecular formula is C13H11F3N2OS. The fraction of sp³-hybridized carbons (Fsp3) is 0.231. The van der Waals surface area contributed by atoms with Crippen LogP contribution in [-0.2, 0) is 13.2 Å². The Balaban J connectivity index is 2.28. The molecule has 0 unspecified atom stereocenters. The summed E-state index contributed by atoms with van der Waals surface area (Å²) < 4.78 is 39.3. The Labute approximate surface area is 117 Å². The van der Waals surface area contributed by atoms with Crippen LogP contribution in [0.3, 0.4) is 0 Å². The number of rotatable bonds is 2. The lowest BCUT2D eigenvalue weighted by Crippen LogP contribution is -2.11. The Morgan fingerprint density at radius 3 is 2.40 bits per heavy atom. The second kappa shape index (κ2) is 5.32. The molecule has 1 heterocycles. The molecule has 106 valence electrons. The Morgan fingerprint density at radius 1 is 1.25 bits per heavy atom. The summed E-state index contributed by atoms with van der Waals surface area (Å²) in [5.74, 6) is 0. The summed E-state index contributed by atoms with van der Waals surface area (Å²) in [7, 11) is 1.35. The zero-order chi connectivity index (χ0) is 14.9. The molecule has 0 saturated heterocycles. The number of nitrogens with zero attached hydrogens (tertiary/aromatic N) is 2. The molecule has 0 radical (unpaired) electrons. The molecule has 0 saturated carbocycles. The van der Waals surface area contributed by atoms with E-state index in [0.29, 0.717) is 4.90 Å². The number of alkyl halides is 3. The molecule has 0 aliphatic rings. The second-order valence-corrected chi connectivity index (χ2v) is 5.31. The van der Waals surface area contributed by atoms with Crippen LogP contribution >= 0.6 is 11.8 Å². The maximum absolute atomic E-state index is 12.8. The first kappa shape index (κ1) is 14.6. The molecule has 0 aliphatic heterocycles. The molecule has 1 aromatic carbocycles. The van der Waals surface area contributed by atoms with Crippen molar-refractivity contribution in [3.05, 3.63) is 47.3 Å². The molecule has 2 rings (SSSR count). The number of hydrogen-bond acceptors (Lipinski definition) is 3. The lowest BCUT2D eigenvalue weighted by atomic mass is 10.2. The van der Waals surface area contributed by atoms with Crippen molar-refractivity contribution in [2.75, 3.05) is 0 Å². The molecule has 0 N–H and O–H groups in total. The highest BCUT2D eigenvalue weighted by Gasteiger charge is 2.39. The third-order valence-electron chi connectivity index (χ3n) is 2.55. The van der Waals surface area contributed by atoms with E-state index in [4.69, 9.17) is 0 Å². The van der Waals surface area contributed by atoms with E-state index in [9.17, 15) is 18.0 Å². The second-order valence-electron chi connectivity index (χ2n) is 4.27. The SMILES string of the molecule is Cc1ccc(SC(=O)c2cn(C)nc2C(F)(F)F)cc1. The van der Waals surface area contributed by atoms with Gasteiger partial charge in [-0.2, -0.15) is 18.3 Å². The van der Waals surface area contributed by atoms with Crippen LogP contribution in [0.5, 0.6) is 0 Å². The van der Waals surface area contributed by atoms with Gasteiger partial charge in [-0.05, 0) is 30.8 Å². The highest BCUT2D eigenvalue weighted by atomic mass is 32.2. The minimum Gasteiger partial charge on any atom is -0.281 e. The molecule has 20 heavy (non-hydrogen) atoms. The average molecular weight is 300 g/mol. The molecule has 0 spiro atoms. The van der Waals surface area contributed by atoms with Crippen LogP contribution in [0.15, 0.2) is 35.4 Å². The van der Waals surface area contributed by atoms with E-state index in [-0.39, 0.29) is 0 Å². The third kappa shape index (κ3) is 3.22. The average Bonchev–Trinajstić information content (AvgIpc) is 2.74. The predicted octanol–water partition coefficient (Wildman–Crippen LogP) is 3.68. The van der Waals surface area contributed by atoms with Gasteiger partial charge in [0.15, 0.2) is 5.69 Å². The van der Waals surface area contributed by atoms with Crippen molar-refractivity contribution in [3.63, 3.8) is 0 Å². The highest BCUT2D eigenvalue weighted by molar-refractivity contribution is 8.14. The van der Waals surface area contributed by atoms with E-state index in [0.717, 1.165) is 28.2 Å². The molecule has 0 amide bonds. The normalized spacial score (nSPS) is 11.7. The summed E-state index contributed by atoms with van der Waals surface area (Å²) in [6.45, 7) is 1.89. The molecule has 0 bridgehead atoms. The van der Waals surface area contributed by atoms with Crippen molar-refractivity contribution < 1.29 is 18.0 Å². The number of halogens is 3. The van der Waals surface area contributed by atoms with Gasteiger partial charge in [-0.25, -0.2) is 0 Å². The van der Waals surface area contributed by atoms with E-state index >= 15 is 0 Å². The van der Waals surface area contributed by atoms with Gasteiger partial charge in [-0.3, -0.25) is 9.48 Å². The summed E-state index contributed by atoms with van der Waals surface area (Å²) in [5.41, 5.74) is -0.561. The minimum atomic E-state index is -4.64. The summed E-state index contributed by atoms with van der Waals surface area (Å²) >= 11 is 0.757. The predicted molar refractivity (Wildman–Crippen MR) is 69.6 cm³/mol. The Bertz CT molecular complexity index is 632. The molecular weight excluding hydrogens is 289 g/mol. The maximum atomic E-state index is 12.8. The number of thioether (sulfide) groups is 1. The van der Waals surface area contributed by atoms with Gasteiger partial charge in [-0.1, -0.05) is 17.7 Å². The first-order valence-corrected chi connectivity index (χ1v) is 6.48. The standard InChI is InChI=1S/C13H11F3N2OS/c1-8-3-5-9(6-4-8)20-12(19)10-7-18(2)17-11(10)13(14,15)16/h3-7H,1-2H3. The first-order chi connectivity index (χ1) is 9.27. The number of aromatic nitrogens is 2. The smallest absolute Gasteiger partial charge is 0.281 e. The van der Waals surface area contributed by atoms with E-state index in [1.54, 1.807) is 24.3 Å². The van der Waals surface area contributed by atoms with Gasteiger partial charge in [-0.15, -0.1) is 0 Å². The van der Waals surface area contributed by atoms with Crippen LogP contribution in [0, 0.1) is 6.92 Å². The fourth-order valence-corrected chi connectivity index (χ4v) is 2.36. The van der Waals surface area contributed by atoms with Gasteiger partial charge in [0, 0.05) is 18.1 Å². The van der Waals surface area contributed by atoms with Gasteiger partial charge >= 0.3 is 6.18 Å². The van der Waals surface area contributed by atoms with Crippen molar-refractivity contribution in [1.82, 2.24) is 9.78 Å². The molecule has 7 heteroatoms. The minimum absolute atomic E-state index is 0.425. The van der Waals surface area contributed by atoms with Crippen LogP contribution in [0.25, 0.3) is 0 Å². The van der Waals surface area contributed by atoms with Crippen LogP contribution < -0.4 is 0 Å². The van der Waals surface area contributed by atoms with Crippen molar-refractivity contribution in [2.45, 2.75) is 18.0 Å². The summed E-state index contributed by atoms with van der Waals surface area (Å²) in [4.78, 5) is 12.6. The van der Waals surface area contributed by atoms with Crippen molar-refractivity contribution in [2.24, 2.45) is 7.05 Å². The van der Waals surface area contributed by atoms with Crippen LogP contribution in [0.2, 0.25) is 0 Å². The van der Waals surface area contributed by atoms with Gasteiger partial charge in [0.2, 0.25) is 5.12 Å². The first-order valence-electron chi connectivity index (χ1n) is 5.67. The van der Waals surface area contributed by atoms with Crippen LogP contribution in [-0.4, -0.2) is 14.9 Å². The number of benzene rings is 1. The quantitative estimate of drug-likeness (QED) is 0.794. The number of aryl methyl sites for hydroxylation is 2. The fourth-order valence-electron chi connectivity index (χ4n) is 1.62. The zero-order valence-corrected chi connectivity index (χ0v) is 11.5.